The van der Waals surface area contributed by atoms with Crippen molar-refractivity contribution in [1.29, 1.82) is 0 Å². The van der Waals surface area contributed by atoms with Gasteiger partial charge in [0.25, 0.3) is 0 Å². The molecular formula is C10H10N2O2. The Morgan fingerprint density at radius 3 is 3.00 bits per heavy atom. The van der Waals surface area contributed by atoms with Gasteiger partial charge in [0.1, 0.15) is 6.29 Å². The number of aryl methyl sites for hydroxylation is 1. The van der Waals surface area contributed by atoms with Crippen molar-refractivity contribution in [1.82, 2.24) is 9.55 Å². The van der Waals surface area contributed by atoms with Crippen LogP contribution in [0.3, 0.4) is 0 Å². The predicted octanol–water partition coefficient (Wildman–Crippen LogP) is 0.837. The lowest BCUT2D eigenvalue weighted by Crippen LogP contribution is -2.17. The summed E-state index contributed by atoms with van der Waals surface area (Å²) in [5.74, 6) is 0. The van der Waals surface area contributed by atoms with Crippen molar-refractivity contribution in [3.63, 3.8) is 0 Å². The lowest BCUT2D eigenvalue weighted by molar-refractivity contribution is -0.108. The zero-order chi connectivity index (χ0) is 10.1. The maximum absolute atomic E-state index is 11.4. The normalized spacial score (nSPS) is 10.6. The molecule has 0 saturated heterocycles. The van der Waals surface area contributed by atoms with Gasteiger partial charge in [0.2, 0.25) is 0 Å². The first-order chi connectivity index (χ1) is 6.72. The van der Waals surface area contributed by atoms with Crippen molar-refractivity contribution in [2.45, 2.75) is 13.5 Å². The Morgan fingerprint density at radius 1 is 1.50 bits per heavy atom. The number of aromatic amines is 1. The second-order valence-corrected chi connectivity index (χ2v) is 3.23. The quantitative estimate of drug-likeness (QED) is 0.713. The van der Waals surface area contributed by atoms with Gasteiger partial charge in [0, 0.05) is 0 Å². The van der Waals surface area contributed by atoms with Gasteiger partial charge in [0.15, 0.2) is 0 Å². The second-order valence-electron chi connectivity index (χ2n) is 3.23. The van der Waals surface area contributed by atoms with Gasteiger partial charge in [-0.3, -0.25) is 4.57 Å². The summed E-state index contributed by atoms with van der Waals surface area (Å²) in [6.45, 7) is 2.05. The molecule has 1 aromatic carbocycles. The average molecular weight is 190 g/mol. The van der Waals surface area contributed by atoms with E-state index in [0.717, 1.165) is 16.6 Å². The number of hydrogen-bond acceptors (Lipinski definition) is 2. The van der Waals surface area contributed by atoms with Crippen LogP contribution in [0.15, 0.2) is 23.0 Å². The SMILES string of the molecule is Cc1ccc2c(c1)[nH]c(=O)n2CC=O. The van der Waals surface area contributed by atoms with Crippen molar-refractivity contribution < 1.29 is 4.79 Å². The molecule has 0 aliphatic rings. The molecule has 72 valence electrons. The summed E-state index contributed by atoms with van der Waals surface area (Å²) >= 11 is 0. The van der Waals surface area contributed by atoms with Gasteiger partial charge in [-0.15, -0.1) is 0 Å². The molecule has 1 aromatic heterocycles. The van der Waals surface area contributed by atoms with Gasteiger partial charge in [-0.05, 0) is 24.6 Å². The first kappa shape index (κ1) is 8.74. The number of H-pyrrole nitrogens is 1. The topological polar surface area (TPSA) is 54.9 Å². The summed E-state index contributed by atoms with van der Waals surface area (Å²) in [5.41, 5.74) is 2.39. The van der Waals surface area contributed by atoms with Crippen LogP contribution in [0, 0.1) is 6.92 Å². The molecule has 2 rings (SSSR count). The minimum Gasteiger partial charge on any atom is -0.306 e. The number of aldehydes is 1. The van der Waals surface area contributed by atoms with Crippen LogP contribution in [0.2, 0.25) is 0 Å². The number of carbonyl (C=O) groups excluding carboxylic acids is 1. The van der Waals surface area contributed by atoms with Crippen molar-refractivity contribution >= 4 is 17.3 Å². The standard InChI is InChI=1S/C10H10N2O2/c1-7-2-3-9-8(6-7)11-10(14)12(9)4-5-13/h2-3,5-6H,4H2,1H3,(H,11,14). The summed E-state index contributed by atoms with van der Waals surface area (Å²) in [6.07, 6.45) is 0.717. The molecule has 4 nitrogen and oxygen atoms in total. The molecular weight excluding hydrogens is 180 g/mol. The summed E-state index contributed by atoms with van der Waals surface area (Å²) in [5, 5.41) is 0. The highest BCUT2D eigenvalue weighted by molar-refractivity contribution is 5.76. The molecule has 0 atom stereocenters. The maximum Gasteiger partial charge on any atom is 0.326 e. The predicted molar refractivity (Wildman–Crippen MR) is 53.4 cm³/mol. The molecule has 0 fully saturated rings. The average Bonchev–Trinajstić information content (AvgIpc) is 2.43. The van der Waals surface area contributed by atoms with E-state index in [4.69, 9.17) is 0 Å². The number of fused-ring (bicyclic) bond motifs is 1. The van der Waals surface area contributed by atoms with E-state index in [9.17, 15) is 9.59 Å². The number of aromatic nitrogens is 2. The summed E-state index contributed by atoms with van der Waals surface area (Å²) in [7, 11) is 0. The molecule has 14 heavy (non-hydrogen) atoms. The molecule has 1 heterocycles. The molecule has 0 unspecified atom stereocenters. The van der Waals surface area contributed by atoms with Crippen molar-refractivity contribution in [2.24, 2.45) is 0 Å². The van der Waals surface area contributed by atoms with Gasteiger partial charge in [-0.2, -0.15) is 0 Å². The zero-order valence-electron chi connectivity index (χ0n) is 7.78. The summed E-state index contributed by atoms with van der Waals surface area (Å²) in [6, 6.07) is 5.64. The van der Waals surface area contributed by atoms with E-state index in [-0.39, 0.29) is 12.2 Å². The minimum atomic E-state index is -0.238. The fourth-order valence-electron chi connectivity index (χ4n) is 1.53. The van der Waals surface area contributed by atoms with Crippen LogP contribution in [0.4, 0.5) is 0 Å². The van der Waals surface area contributed by atoms with Crippen LogP contribution in [-0.2, 0) is 11.3 Å². The molecule has 0 radical (unpaired) electrons. The van der Waals surface area contributed by atoms with Gasteiger partial charge in [-0.1, -0.05) is 6.07 Å². The summed E-state index contributed by atoms with van der Waals surface area (Å²) in [4.78, 5) is 24.5. The molecule has 0 aliphatic heterocycles. The number of benzene rings is 1. The highest BCUT2D eigenvalue weighted by Gasteiger charge is 2.04. The van der Waals surface area contributed by atoms with Crippen LogP contribution < -0.4 is 5.69 Å². The van der Waals surface area contributed by atoms with Gasteiger partial charge in [-0.25, -0.2) is 4.79 Å². The molecule has 2 aromatic rings. The van der Waals surface area contributed by atoms with Crippen molar-refractivity contribution in [3.05, 3.63) is 34.2 Å². The van der Waals surface area contributed by atoms with E-state index in [1.165, 1.54) is 4.57 Å². The third-order valence-electron chi connectivity index (χ3n) is 2.19. The zero-order valence-corrected chi connectivity index (χ0v) is 7.78. The van der Waals surface area contributed by atoms with Crippen LogP contribution in [0.1, 0.15) is 5.56 Å². The highest BCUT2D eigenvalue weighted by Crippen LogP contribution is 2.11. The van der Waals surface area contributed by atoms with E-state index in [2.05, 4.69) is 4.98 Å². The molecule has 0 spiro atoms. The molecule has 0 saturated carbocycles. The Hall–Kier alpha value is -1.84. The Balaban J connectivity index is 2.76. The van der Waals surface area contributed by atoms with Gasteiger partial charge >= 0.3 is 5.69 Å². The van der Waals surface area contributed by atoms with Crippen LogP contribution >= 0.6 is 0 Å². The number of nitrogens with zero attached hydrogens (tertiary/aromatic N) is 1. The number of nitrogens with one attached hydrogen (secondary N) is 1. The third-order valence-corrected chi connectivity index (χ3v) is 2.19. The molecule has 1 N–H and O–H groups in total. The Morgan fingerprint density at radius 2 is 2.29 bits per heavy atom. The molecule has 0 bridgehead atoms. The van der Waals surface area contributed by atoms with Gasteiger partial charge < -0.3 is 9.78 Å². The fraction of sp³-hybridized carbons (Fsp3) is 0.200. The van der Waals surface area contributed by atoms with Crippen LogP contribution in [0.25, 0.3) is 11.0 Å². The van der Waals surface area contributed by atoms with E-state index in [1.54, 1.807) is 0 Å². The first-order valence-corrected chi connectivity index (χ1v) is 4.35. The summed E-state index contributed by atoms with van der Waals surface area (Å²) < 4.78 is 1.42. The fourth-order valence-corrected chi connectivity index (χ4v) is 1.53. The molecule has 0 aliphatic carbocycles. The highest BCUT2D eigenvalue weighted by atomic mass is 16.1. The van der Waals surface area contributed by atoms with Crippen LogP contribution in [-0.4, -0.2) is 15.8 Å². The largest absolute Gasteiger partial charge is 0.326 e. The lowest BCUT2D eigenvalue weighted by atomic mass is 10.2. The monoisotopic (exact) mass is 190 g/mol. The number of hydrogen-bond donors (Lipinski definition) is 1. The number of rotatable bonds is 2. The van der Waals surface area contributed by atoms with E-state index < -0.39 is 0 Å². The lowest BCUT2D eigenvalue weighted by Gasteiger charge is -1.96. The molecule has 4 heteroatoms. The van der Waals surface area contributed by atoms with Crippen LogP contribution in [0.5, 0.6) is 0 Å². The van der Waals surface area contributed by atoms with Gasteiger partial charge in [0.05, 0.1) is 17.6 Å². The molecule has 0 amide bonds. The Labute approximate surface area is 80.2 Å². The Bertz CT molecular complexity index is 537. The van der Waals surface area contributed by atoms with E-state index in [1.807, 2.05) is 25.1 Å². The number of imidazole rings is 1. The van der Waals surface area contributed by atoms with E-state index in [0.29, 0.717) is 6.29 Å². The maximum atomic E-state index is 11.4. The van der Waals surface area contributed by atoms with E-state index >= 15 is 0 Å². The van der Waals surface area contributed by atoms with Crippen molar-refractivity contribution in [3.8, 4) is 0 Å². The van der Waals surface area contributed by atoms with Crippen molar-refractivity contribution in [2.75, 3.05) is 0 Å². The number of carbonyl (C=O) groups is 1. The second kappa shape index (κ2) is 3.14. The Kier molecular flexibility index (Phi) is 1.96. The first-order valence-electron chi connectivity index (χ1n) is 4.35. The smallest absolute Gasteiger partial charge is 0.306 e. The third kappa shape index (κ3) is 1.25. The minimum absolute atomic E-state index is 0.0991.